The molecule has 1 aromatic carbocycles. The summed E-state index contributed by atoms with van der Waals surface area (Å²) in [5.74, 6) is 0.183. The molecule has 3 amide bonds. The molecule has 8 nitrogen and oxygen atoms in total. The maximum atomic E-state index is 11.6. The summed E-state index contributed by atoms with van der Waals surface area (Å²) in [5.41, 5.74) is 0. The van der Waals surface area contributed by atoms with Gasteiger partial charge in [-0.05, 0) is 37.6 Å². The number of hydrogen-bond donors (Lipinski definition) is 2. The number of rotatable bonds is 8. The number of ether oxygens (including phenoxy) is 3. The van der Waals surface area contributed by atoms with Crippen LogP contribution >= 0.6 is 0 Å². The van der Waals surface area contributed by atoms with Gasteiger partial charge < -0.3 is 19.5 Å². The minimum Gasteiger partial charge on any atom is -0.497 e. The topological polar surface area (TPSA) is 103 Å². The number of imide groups is 1. The summed E-state index contributed by atoms with van der Waals surface area (Å²) in [6, 6.07) is 6.42. The van der Waals surface area contributed by atoms with Gasteiger partial charge in [-0.1, -0.05) is 0 Å². The number of carbonyl (C=O) groups is 3. The molecular weight excluding hydrogens is 316 g/mol. The van der Waals surface area contributed by atoms with Crippen LogP contribution in [0.3, 0.4) is 0 Å². The molecule has 0 bridgehead atoms. The van der Waals surface area contributed by atoms with Gasteiger partial charge in [-0.2, -0.15) is 0 Å². The second-order valence-corrected chi connectivity index (χ2v) is 4.83. The first-order chi connectivity index (χ1) is 11.5. The molecule has 1 rings (SSSR count). The number of urea groups is 1. The Kier molecular flexibility index (Phi) is 8.10. The molecule has 0 saturated heterocycles. The molecule has 0 aliphatic rings. The SMILES string of the molecule is CNC(=O)NC(=O)[C@H](C)OC(=O)CCCOc1ccc(OC)cc1. The highest BCUT2D eigenvalue weighted by molar-refractivity contribution is 5.96. The van der Waals surface area contributed by atoms with Gasteiger partial charge in [0.2, 0.25) is 0 Å². The zero-order chi connectivity index (χ0) is 17.9. The van der Waals surface area contributed by atoms with Gasteiger partial charge in [-0.25, -0.2) is 4.79 Å². The fourth-order valence-electron chi connectivity index (χ4n) is 1.66. The van der Waals surface area contributed by atoms with Crippen LogP contribution in [0.25, 0.3) is 0 Å². The third-order valence-electron chi connectivity index (χ3n) is 2.99. The van der Waals surface area contributed by atoms with E-state index in [1.165, 1.54) is 14.0 Å². The van der Waals surface area contributed by atoms with E-state index >= 15 is 0 Å². The summed E-state index contributed by atoms with van der Waals surface area (Å²) in [7, 11) is 2.96. The highest BCUT2D eigenvalue weighted by Gasteiger charge is 2.19. The van der Waals surface area contributed by atoms with E-state index in [9.17, 15) is 14.4 Å². The molecule has 0 fully saturated rings. The molecule has 1 atom stereocenters. The minimum atomic E-state index is -1.04. The van der Waals surface area contributed by atoms with Crippen molar-refractivity contribution in [2.75, 3.05) is 20.8 Å². The summed E-state index contributed by atoms with van der Waals surface area (Å²) in [4.78, 5) is 34.2. The van der Waals surface area contributed by atoms with Crippen molar-refractivity contribution in [1.82, 2.24) is 10.6 Å². The first-order valence-corrected chi connectivity index (χ1v) is 7.45. The Labute approximate surface area is 140 Å². The second-order valence-electron chi connectivity index (χ2n) is 4.83. The number of nitrogens with one attached hydrogen (secondary N) is 2. The third-order valence-corrected chi connectivity index (χ3v) is 2.99. The van der Waals surface area contributed by atoms with Crippen LogP contribution in [0.5, 0.6) is 11.5 Å². The van der Waals surface area contributed by atoms with Crippen molar-refractivity contribution in [3.8, 4) is 11.5 Å². The van der Waals surface area contributed by atoms with Crippen LogP contribution in [0, 0.1) is 0 Å². The van der Waals surface area contributed by atoms with Crippen molar-refractivity contribution >= 4 is 17.9 Å². The first kappa shape index (κ1) is 19.3. The summed E-state index contributed by atoms with van der Waals surface area (Å²) < 4.78 is 15.5. The number of esters is 1. The van der Waals surface area contributed by atoms with Crippen molar-refractivity contribution in [3.05, 3.63) is 24.3 Å². The Morgan fingerprint density at radius 3 is 2.33 bits per heavy atom. The quantitative estimate of drug-likeness (QED) is 0.546. The molecule has 0 spiro atoms. The van der Waals surface area contributed by atoms with Crippen LogP contribution in [0.2, 0.25) is 0 Å². The van der Waals surface area contributed by atoms with Crippen molar-refractivity contribution in [2.45, 2.75) is 25.9 Å². The molecule has 0 aliphatic heterocycles. The van der Waals surface area contributed by atoms with Gasteiger partial charge in [0, 0.05) is 13.5 Å². The summed E-state index contributed by atoms with van der Waals surface area (Å²) in [6.45, 7) is 1.73. The van der Waals surface area contributed by atoms with Gasteiger partial charge in [0.25, 0.3) is 5.91 Å². The highest BCUT2D eigenvalue weighted by atomic mass is 16.5. The molecular formula is C16H22N2O6. The van der Waals surface area contributed by atoms with Gasteiger partial charge >= 0.3 is 12.0 Å². The second kappa shape index (κ2) is 10.1. The van der Waals surface area contributed by atoms with Gasteiger partial charge in [0.15, 0.2) is 6.10 Å². The normalized spacial score (nSPS) is 11.1. The van der Waals surface area contributed by atoms with Gasteiger partial charge in [-0.3, -0.25) is 14.9 Å². The summed E-state index contributed by atoms with van der Waals surface area (Å²) >= 11 is 0. The maximum Gasteiger partial charge on any atom is 0.321 e. The molecule has 2 N–H and O–H groups in total. The van der Waals surface area contributed by atoms with E-state index in [2.05, 4.69) is 5.32 Å². The molecule has 0 aromatic heterocycles. The standard InChI is InChI=1S/C16H22N2O6/c1-11(15(20)18-16(21)17-2)24-14(19)5-4-10-23-13-8-6-12(22-3)7-9-13/h6-9,11H,4-5,10H2,1-3H3,(H2,17,18,20,21)/t11-/m0/s1. The maximum absolute atomic E-state index is 11.6. The zero-order valence-electron chi connectivity index (χ0n) is 14.0. The van der Waals surface area contributed by atoms with Gasteiger partial charge in [0.1, 0.15) is 11.5 Å². The fourth-order valence-corrected chi connectivity index (χ4v) is 1.66. The van der Waals surface area contributed by atoms with E-state index in [-0.39, 0.29) is 6.42 Å². The Morgan fingerprint density at radius 2 is 1.75 bits per heavy atom. The molecule has 0 heterocycles. The molecule has 1 aromatic rings. The van der Waals surface area contributed by atoms with E-state index in [0.717, 1.165) is 5.75 Å². The molecule has 0 saturated carbocycles. The lowest BCUT2D eigenvalue weighted by atomic mass is 10.3. The smallest absolute Gasteiger partial charge is 0.321 e. The monoisotopic (exact) mass is 338 g/mol. The van der Waals surface area contributed by atoms with Crippen molar-refractivity contribution in [3.63, 3.8) is 0 Å². The van der Waals surface area contributed by atoms with Crippen LogP contribution in [-0.4, -0.2) is 44.8 Å². The van der Waals surface area contributed by atoms with Gasteiger partial charge in [-0.15, -0.1) is 0 Å². The van der Waals surface area contributed by atoms with E-state index in [1.807, 2.05) is 5.32 Å². The third kappa shape index (κ3) is 6.99. The Balaban J connectivity index is 2.23. The lowest BCUT2D eigenvalue weighted by Gasteiger charge is -2.12. The first-order valence-electron chi connectivity index (χ1n) is 7.45. The van der Waals surface area contributed by atoms with E-state index in [4.69, 9.17) is 14.2 Å². The Morgan fingerprint density at radius 1 is 1.12 bits per heavy atom. The number of carbonyl (C=O) groups excluding carboxylic acids is 3. The van der Waals surface area contributed by atoms with Crippen LogP contribution in [0.1, 0.15) is 19.8 Å². The molecule has 0 radical (unpaired) electrons. The predicted octanol–water partition coefficient (Wildman–Crippen LogP) is 1.24. The number of benzene rings is 1. The van der Waals surface area contributed by atoms with E-state index < -0.39 is 24.0 Å². The predicted molar refractivity (Wildman–Crippen MR) is 85.9 cm³/mol. The Hall–Kier alpha value is -2.77. The molecule has 0 unspecified atom stereocenters. The summed E-state index contributed by atoms with van der Waals surface area (Å²) in [5, 5.41) is 4.26. The van der Waals surface area contributed by atoms with Crippen LogP contribution in [0.15, 0.2) is 24.3 Å². The largest absolute Gasteiger partial charge is 0.497 e. The zero-order valence-corrected chi connectivity index (χ0v) is 14.0. The lowest BCUT2D eigenvalue weighted by Crippen LogP contribution is -2.43. The van der Waals surface area contributed by atoms with Crippen molar-refractivity contribution in [1.29, 1.82) is 0 Å². The minimum absolute atomic E-state index is 0.105. The van der Waals surface area contributed by atoms with Crippen LogP contribution in [0.4, 0.5) is 4.79 Å². The highest BCUT2D eigenvalue weighted by Crippen LogP contribution is 2.17. The van der Waals surface area contributed by atoms with Crippen LogP contribution in [-0.2, 0) is 14.3 Å². The van der Waals surface area contributed by atoms with Gasteiger partial charge in [0.05, 0.1) is 13.7 Å². The molecule has 0 aliphatic carbocycles. The number of amides is 3. The van der Waals surface area contributed by atoms with Crippen molar-refractivity contribution in [2.24, 2.45) is 0 Å². The Bertz CT molecular complexity index is 558. The molecule has 8 heteroatoms. The lowest BCUT2D eigenvalue weighted by molar-refractivity contribution is -0.154. The average Bonchev–Trinajstić information content (AvgIpc) is 2.58. The molecule has 24 heavy (non-hydrogen) atoms. The average molecular weight is 338 g/mol. The number of hydrogen-bond acceptors (Lipinski definition) is 6. The number of methoxy groups -OCH3 is 1. The van der Waals surface area contributed by atoms with E-state index in [0.29, 0.717) is 18.8 Å². The molecule has 132 valence electrons. The summed E-state index contributed by atoms with van der Waals surface area (Å²) in [6.07, 6.45) is -0.500. The van der Waals surface area contributed by atoms with Crippen molar-refractivity contribution < 1.29 is 28.6 Å². The van der Waals surface area contributed by atoms with E-state index in [1.54, 1.807) is 31.4 Å². The fraction of sp³-hybridized carbons (Fsp3) is 0.438. The van der Waals surface area contributed by atoms with Crippen LogP contribution < -0.4 is 20.1 Å².